The van der Waals surface area contributed by atoms with Gasteiger partial charge in [-0.15, -0.1) is 0 Å². The van der Waals surface area contributed by atoms with Crippen LogP contribution in [0, 0.1) is 5.82 Å². The summed E-state index contributed by atoms with van der Waals surface area (Å²) in [7, 11) is 0. The van der Waals surface area contributed by atoms with Crippen molar-refractivity contribution in [3.63, 3.8) is 0 Å². The van der Waals surface area contributed by atoms with Gasteiger partial charge < -0.3 is 14.7 Å². The Hall–Kier alpha value is -2.11. The van der Waals surface area contributed by atoms with E-state index in [2.05, 4.69) is 0 Å². The maximum atomic E-state index is 13.7. The van der Waals surface area contributed by atoms with Crippen molar-refractivity contribution in [3.8, 4) is 5.75 Å². The van der Waals surface area contributed by atoms with Gasteiger partial charge in [-0.05, 0) is 32.9 Å². The van der Waals surface area contributed by atoms with E-state index in [0.717, 1.165) is 11.0 Å². The molecule has 0 saturated carbocycles. The third kappa shape index (κ3) is 3.69. The van der Waals surface area contributed by atoms with Crippen LogP contribution in [0.5, 0.6) is 5.75 Å². The van der Waals surface area contributed by atoms with Gasteiger partial charge >= 0.3 is 5.97 Å². The molecule has 0 heterocycles. The molecule has 1 aromatic carbocycles. The van der Waals surface area contributed by atoms with Crippen molar-refractivity contribution in [2.75, 3.05) is 13.2 Å². The number of phenols is 1. The van der Waals surface area contributed by atoms with Crippen LogP contribution in [0.15, 0.2) is 18.2 Å². The fraction of sp³-hybridized carbons (Fsp3) is 0.429. The number of esters is 1. The van der Waals surface area contributed by atoms with E-state index >= 15 is 0 Å². The molecule has 20 heavy (non-hydrogen) atoms. The van der Waals surface area contributed by atoms with Crippen LogP contribution in [-0.2, 0) is 9.53 Å². The Labute approximate surface area is 117 Å². The third-order valence-electron chi connectivity index (χ3n) is 2.69. The molecular weight excluding hydrogens is 265 g/mol. The number of ether oxygens (including phenoxy) is 1. The van der Waals surface area contributed by atoms with Gasteiger partial charge in [0.15, 0.2) is 0 Å². The van der Waals surface area contributed by atoms with Crippen molar-refractivity contribution in [3.05, 3.63) is 29.6 Å². The number of halogens is 1. The van der Waals surface area contributed by atoms with E-state index in [9.17, 15) is 19.1 Å². The first-order chi connectivity index (χ1) is 9.38. The number of nitrogens with zero attached hydrogens (tertiary/aromatic N) is 1. The summed E-state index contributed by atoms with van der Waals surface area (Å²) in [5.41, 5.74) is -0.439. The Morgan fingerprint density at radius 2 is 2.05 bits per heavy atom. The van der Waals surface area contributed by atoms with E-state index in [1.54, 1.807) is 20.8 Å². The zero-order chi connectivity index (χ0) is 15.3. The first-order valence-corrected chi connectivity index (χ1v) is 6.32. The van der Waals surface area contributed by atoms with Crippen molar-refractivity contribution in [1.29, 1.82) is 0 Å². The largest absolute Gasteiger partial charge is 0.507 e. The molecule has 1 amide bonds. The van der Waals surface area contributed by atoms with Crippen molar-refractivity contribution >= 4 is 11.9 Å². The van der Waals surface area contributed by atoms with E-state index in [4.69, 9.17) is 4.74 Å². The van der Waals surface area contributed by atoms with Crippen molar-refractivity contribution in [1.82, 2.24) is 4.90 Å². The zero-order valence-electron chi connectivity index (χ0n) is 11.7. The second-order valence-corrected chi connectivity index (χ2v) is 4.47. The summed E-state index contributed by atoms with van der Waals surface area (Å²) in [6.07, 6.45) is 0. The van der Waals surface area contributed by atoms with Crippen LogP contribution in [0.25, 0.3) is 0 Å². The van der Waals surface area contributed by atoms with Crippen LogP contribution in [0.4, 0.5) is 4.39 Å². The highest BCUT2D eigenvalue weighted by molar-refractivity contribution is 5.98. The number of carbonyl (C=O) groups is 2. The van der Waals surface area contributed by atoms with E-state index in [1.165, 1.54) is 12.1 Å². The molecule has 1 N–H and O–H groups in total. The van der Waals surface area contributed by atoms with Gasteiger partial charge in [-0.1, -0.05) is 6.07 Å². The molecule has 0 aliphatic carbocycles. The summed E-state index contributed by atoms with van der Waals surface area (Å²) in [5, 5.41) is 9.63. The molecule has 110 valence electrons. The van der Waals surface area contributed by atoms with Crippen LogP contribution >= 0.6 is 0 Å². The van der Waals surface area contributed by atoms with Gasteiger partial charge in [-0.25, -0.2) is 4.39 Å². The fourth-order valence-corrected chi connectivity index (χ4v) is 1.70. The topological polar surface area (TPSA) is 66.8 Å². The van der Waals surface area contributed by atoms with Crippen molar-refractivity contribution in [2.45, 2.75) is 26.8 Å². The maximum absolute atomic E-state index is 13.7. The predicted molar refractivity (Wildman–Crippen MR) is 70.9 cm³/mol. The SMILES string of the molecule is CCOC(=O)CN(C(=O)c1c(O)cccc1F)C(C)C. The molecule has 0 bridgehead atoms. The summed E-state index contributed by atoms with van der Waals surface area (Å²) in [4.78, 5) is 24.9. The van der Waals surface area contributed by atoms with Crippen LogP contribution in [-0.4, -0.2) is 41.1 Å². The lowest BCUT2D eigenvalue weighted by molar-refractivity contribution is -0.144. The fourth-order valence-electron chi connectivity index (χ4n) is 1.70. The average Bonchev–Trinajstić information content (AvgIpc) is 2.35. The summed E-state index contributed by atoms with van der Waals surface area (Å²) in [5.74, 6) is -2.61. The van der Waals surface area contributed by atoms with Gasteiger partial charge in [-0.3, -0.25) is 9.59 Å². The smallest absolute Gasteiger partial charge is 0.325 e. The number of aromatic hydroxyl groups is 1. The minimum Gasteiger partial charge on any atom is -0.507 e. The highest BCUT2D eigenvalue weighted by Crippen LogP contribution is 2.22. The lowest BCUT2D eigenvalue weighted by atomic mass is 10.1. The predicted octanol–water partition coefficient (Wildman–Crippen LogP) is 1.94. The summed E-state index contributed by atoms with van der Waals surface area (Å²) in [6, 6.07) is 3.26. The summed E-state index contributed by atoms with van der Waals surface area (Å²) in [6.45, 7) is 4.94. The van der Waals surface area contributed by atoms with E-state index in [0.29, 0.717) is 0 Å². The normalized spacial score (nSPS) is 10.4. The Bertz CT molecular complexity index is 482. The number of carbonyl (C=O) groups excluding carboxylic acids is 2. The van der Waals surface area contributed by atoms with Crippen LogP contribution in [0.2, 0.25) is 0 Å². The number of rotatable bonds is 5. The molecule has 0 radical (unpaired) electrons. The summed E-state index contributed by atoms with van der Waals surface area (Å²) >= 11 is 0. The molecule has 0 aromatic heterocycles. The quantitative estimate of drug-likeness (QED) is 0.839. The zero-order valence-corrected chi connectivity index (χ0v) is 11.7. The molecule has 5 nitrogen and oxygen atoms in total. The third-order valence-corrected chi connectivity index (χ3v) is 2.69. The average molecular weight is 283 g/mol. The monoisotopic (exact) mass is 283 g/mol. The highest BCUT2D eigenvalue weighted by atomic mass is 19.1. The van der Waals surface area contributed by atoms with Crippen LogP contribution in [0.1, 0.15) is 31.1 Å². The number of benzene rings is 1. The minimum atomic E-state index is -0.829. The Balaban J connectivity index is 3.03. The van der Waals surface area contributed by atoms with Gasteiger partial charge in [0.2, 0.25) is 0 Å². The Kier molecular flexibility index (Phi) is 5.49. The second-order valence-electron chi connectivity index (χ2n) is 4.47. The van der Waals surface area contributed by atoms with Gasteiger partial charge in [0, 0.05) is 6.04 Å². The Morgan fingerprint density at radius 3 is 2.55 bits per heavy atom. The molecule has 1 rings (SSSR count). The number of amides is 1. The van der Waals surface area contributed by atoms with Gasteiger partial charge in [0.25, 0.3) is 5.91 Å². The van der Waals surface area contributed by atoms with Gasteiger partial charge in [0.1, 0.15) is 23.7 Å². The first kappa shape index (κ1) is 15.9. The molecule has 0 unspecified atom stereocenters. The van der Waals surface area contributed by atoms with Crippen LogP contribution in [0.3, 0.4) is 0 Å². The van der Waals surface area contributed by atoms with E-state index in [-0.39, 0.29) is 19.2 Å². The highest BCUT2D eigenvalue weighted by Gasteiger charge is 2.26. The number of phenolic OH excluding ortho intramolecular Hbond substituents is 1. The molecule has 0 spiro atoms. The lowest BCUT2D eigenvalue weighted by Gasteiger charge is -2.26. The Morgan fingerprint density at radius 1 is 1.40 bits per heavy atom. The first-order valence-electron chi connectivity index (χ1n) is 6.32. The van der Waals surface area contributed by atoms with Crippen molar-refractivity contribution in [2.24, 2.45) is 0 Å². The van der Waals surface area contributed by atoms with Crippen molar-refractivity contribution < 1.29 is 23.8 Å². The molecule has 0 aliphatic heterocycles. The minimum absolute atomic E-state index is 0.198. The standard InChI is InChI=1S/C14H18FNO4/c1-4-20-12(18)8-16(9(2)3)14(19)13-10(15)6-5-7-11(13)17/h5-7,9,17H,4,8H2,1-3H3. The van der Waals surface area contributed by atoms with E-state index in [1.807, 2.05) is 0 Å². The number of hydrogen-bond acceptors (Lipinski definition) is 4. The second kappa shape index (κ2) is 6.88. The molecule has 1 aromatic rings. The molecule has 0 atom stereocenters. The molecule has 0 fully saturated rings. The maximum Gasteiger partial charge on any atom is 0.325 e. The van der Waals surface area contributed by atoms with Gasteiger partial charge in [0.05, 0.1) is 6.61 Å². The lowest BCUT2D eigenvalue weighted by Crippen LogP contribution is -2.41. The molecule has 0 aliphatic rings. The molecule has 6 heteroatoms. The number of hydrogen-bond donors (Lipinski definition) is 1. The van der Waals surface area contributed by atoms with Gasteiger partial charge in [-0.2, -0.15) is 0 Å². The molecular formula is C14H18FNO4. The van der Waals surface area contributed by atoms with Crippen LogP contribution < -0.4 is 0 Å². The molecule has 0 saturated heterocycles. The van der Waals surface area contributed by atoms with E-state index < -0.39 is 29.0 Å². The summed E-state index contributed by atoms with van der Waals surface area (Å²) < 4.78 is 18.5.